The van der Waals surface area contributed by atoms with Crippen molar-refractivity contribution < 1.29 is 9.53 Å². The van der Waals surface area contributed by atoms with E-state index in [-0.39, 0.29) is 5.91 Å². The van der Waals surface area contributed by atoms with Crippen molar-refractivity contribution >= 4 is 11.6 Å². The highest BCUT2D eigenvalue weighted by atomic mass is 16.5. The van der Waals surface area contributed by atoms with Crippen molar-refractivity contribution in [2.45, 2.75) is 13.3 Å². The first kappa shape index (κ1) is 16.3. The van der Waals surface area contributed by atoms with Crippen LogP contribution in [0.25, 0.3) is 0 Å². The Labute approximate surface area is 121 Å². The lowest BCUT2D eigenvalue weighted by Gasteiger charge is -2.24. The number of amides is 1. The predicted octanol–water partition coefficient (Wildman–Crippen LogP) is 1.69. The number of carbonyl (C=O) groups excluding carboxylic acids is 1. The summed E-state index contributed by atoms with van der Waals surface area (Å²) in [7, 11) is 5.56. The Bertz CT molecular complexity index is 447. The Balaban J connectivity index is 2.85. The number of nitrogen functional groups attached to an aromatic ring is 1. The zero-order valence-electron chi connectivity index (χ0n) is 12.8. The normalized spacial score (nSPS) is 10.7. The van der Waals surface area contributed by atoms with Crippen LogP contribution in [-0.2, 0) is 0 Å². The SMILES string of the molecule is CCCN(CCN(C)C)C(=O)c1ccc(OC)c(N)c1. The molecule has 0 aliphatic carbocycles. The van der Waals surface area contributed by atoms with Gasteiger partial charge in [-0.3, -0.25) is 4.79 Å². The van der Waals surface area contributed by atoms with Crippen LogP contribution in [0.2, 0.25) is 0 Å². The smallest absolute Gasteiger partial charge is 0.253 e. The Kier molecular flexibility index (Phi) is 6.31. The van der Waals surface area contributed by atoms with E-state index in [1.807, 2.05) is 19.0 Å². The largest absolute Gasteiger partial charge is 0.495 e. The zero-order valence-corrected chi connectivity index (χ0v) is 12.8. The number of benzene rings is 1. The summed E-state index contributed by atoms with van der Waals surface area (Å²) in [5.41, 5.74) is 6.96. The number of rotatable bonds is 7. The third kappa shape index (κ3) is 4.42. The number of nitrogens with zero attached hydrogens (tertiary/aromatic N) is 2. The minimum atomic E-state index is 0.0167. The van der Waals surface area contributed by atoms with Crippen LogP contribution >= 0.6 is 0 Å². The van der Waals surface area contributed by atoms with Crippen molar-refractivity contribution in [2.75, 3.05) is 46.6 Å². The van der Waals surface area contributed by atoms with Crippen LogP contribution in [0.1, 0.15) is 23.7 Å². The molecule has 0 heterocycles. The Hall–Kier alpha value is -1.75. The summed E-state index contributed by atoms with van der Waals surface area (Å²) in [4.78, 5) is 16.4. The lowest BCUT2D eigenvalue weighted by Crippen LogP contribution is -2.37. The molecule has 0 aliphatic rings. The number of anilines is 1. The summed E-state index contributed by atoms with van der Waals surface area (Å²) < 4.78 is 5.11. The monoisotopic (exact) mass is 279 g/mol. The van der Waals surface area contributed by atoms with Gasteiger partial charge in [0, 0.05) is 25.2 Å². The summed E-state index contributed by atoms with van der Waals surface area (Å²) in [5, 5.41) is 0. The van der Waals surface area contributed by atoms with Crippen molar-refractivity contribution in [3.63, 3.8) is 0 Å². The van der Waals surface area contributed by atoms with Gasteiger partial charge in [0.1, 0.15) is 5.75 Å². The van der Waals surface area contributed by atoms with E-state index < -0.39 is 0 Å². The van der Waals surface area contributed by atoms with Gasteiger partial charge in [0.05, 0.1) is 12.8 Å². The van der Waals surface area contributed by atoms with Crippen LogP contribution in [-0.4, -0.2) is 56.5 Å². The van der Waals surface area contributed by atoms with Gasteiger partial charge in [0.2, 0.25) is 0 Å². The third-order valence-electron chi connectivity index (χ3n) is 3.07. The Morgan fingerprint density at radius 3 is 2.45 bits per heavy atom. The highest BCUT2D eigenvalue weighted by molar-refractivity contribution is 5.95. The van der Waals surface area contributed by atoms with Gasteiger partial charge in [-0.15, -0.1) is 0 Å². The molecule has 0 saturated carbocycles. The number of likely N-dealkylation sites (N-methyl/N-ethyl adjacent to an activating group) is 1. The molecule has 0 saturated heterocycles. The Morgan fingerprint density at radius 1 is 1.25 bits per heavy atom. The van der Waals surface area contributed by atoms with Crippen LogP contribution in [0, 0.1) is 0 Å². The van der Waals surface area contributed by atoms with Gasteiger partial charge in [-0.25, -0.2) is 0 Å². The average Bonchev–Trinajstić information content (AvgIpc) is 2.42. The molecule has 0 bridgehead atoms. The number of hydrogen-bond acceptors (Lipinski definition) is 4. The van der Waals surface area contributed by atoms with E-state index in [2.05, 4.69) is 11.8 Å². The number of nitrogens with two attached hydrogens (primary N) is 1. The molecule has 2 N–H and O–H groups in total. The highest BCUT2D eigenvalue weighted by Crippen LogP contribution is 2.22. The quantitative estimate of drug-likeness (QED) is 0.772. The average molecular weight is 279 g/mol. The van der Waals surface area contributed by atoms with Gasteiger partial charge in [-0.1, -0.05) is 6.92 Å². The second-order valence-corrected chi connectivity index (χ2v) is 5.05. The summed E-state index contributed by atoms with van der Waals surface area (Å²) in [6, 6.07) is 5.17. The maximum atomic E-state index is 12.5. The van der Waals surface area contributed by atoms with Crippen LogP contribution in [0.3, 0.4) is 0 Å². The molecule has 1 rings (SSSR count). The van der Waals surface area contributed by atoms with Crippen molar-refractivity contribution in [3.05, 3.63) is 23.8 Å². The minimum absolute atomic E-state index is 0.0167. The van der Waals surface area contributed by atoms with Crippen molar-refractivity contribution in [2.24, 2.45) is 0 Å². The van der Waals surface area contributed by atoms with Gasteiger partial charge in [0.15, 0.2) is 0 Å². The maximum absolute atomic E-state index is 12.5. The van der Waals surface area contributed by atoms with Crippen molar-refractivity contribution in [3.8, 4) is 5.75 Å². The summed E-state index contributed by atoms with van der Waals surface area (Å²) in [5.74, 6) is 0.611. The molecule has 1 aromatic rings. The number of methoxy groups -OCH3 is 1. The number of ether oxygens (including phenoxy) is 1. The second-order valence-electron chi connectivity index (χ2n) is 5.05. The van der Waals surface area contributed by atoms with E-state index in [0.29, 0.717) is 23.5 Å². The van der Waals surface area contributed by atoms with Crippen LogP contribution in [0.4, 0.5) is 5.69 Å². The van der Waals surface area contributed by atoms with E-state index >= 15 is 0 Å². The predicted molar refractivity (Wildman–Crippen MR) is 82.2 cm³/mol. The van der Waals surface area contributed by atoms with Crippen molar-refractivity contribution in [1.82, 2.24) is 9.80 Å². The van der Waals surface area contributed by atoms with E-state index in [1.54, 1.807) is 25.3 Å². The number of carbonyl (C=O) groups is 1. The molecule has 0 spiro atoms. The minimum Gasteiger partial charge on any atom is -0.495 e. The first-order valence-electron chi connectivity index (χ1n) is 6.87. The maximum Gasteiger partial charge on any atom is 0.253 e. The van der Waals surface area contributed by atoms with E-state index in [1.165, 1.54) is 0 Å². The van der Waals surface area contributed by atoms with Crippen LogP contribution in [0.5, 0.6) is 5.75 Å². The first-order valence-corrected chi connectivity index (χ1v) is 6.87. The lowest BCUT2D eigenvalue weighted by molar-refractivity contribution is 0.0745. The second kappa shape index (κ2) is 7.75. The van der Waals surface area contributed by atoms with E-state index in [9.17, 15) is 4.79 Å². The molecule has 0 atom stereocenters. The van der Waals surface area contributed by atoms with E-state index in [0.717, 1.165) is 19.5 Å². The molecule has 0 fully saturated rings. The molecular weight excluding hydrogens is 254 g/mol. The van der Waals surface area contributed by atoms with Gasteiger partial charge in [-0.05, 0) is 38.7 Å². The summed E-state index contributed by atoms with van der Waals surface area (Å²) in [6.07, 6.45) is 0.935. The topological polar surface area (TPSA) is 58.8 Å². The molecule has 20 heavy (non-hydrogen) atoms. The zero-order chi connectivity index (χ0) is 15.1. The molecule has 0 aromatic heterocycles. The van der Waals surface area contributed by atoms with Crippen LogP contribution < -0.4 is 10.5 Å². The van der Waals surface area contributed by atoms with Gasteiger partial charge in [0.25, 0.3) is 5.91 Å². The van der Waals surface area contributed by atoms with Gasteiger partial charge >= 0.3 is 0 Å². The molecule has 1 amide bonds. The fourth-order valence-corrected chi connectivity index (χ4v) is 1.96. The van der Waals surface area contributed by atoms with Gasteiger partial charge < -0.3 is 20.3 Å². The molecule has 0 unspecified atom stereocenters. The fraction of sp³-hybridized carbons (Fsp3) is 0.533. The first-order chi connectivity index (χ1) is 9.49. The molecule has 0 aliphatic heterocycles. The fourth-order valence-electron chi connectivity index (χ4n) is 1.96. The van der Waals surface area contributed by atoms with E-state index in [4.69, 9.17) is 10.5 Å². The lowest BCUT2D eigenvalue weighted by atomic mass is 10.1. The molecule has 112 valence electrons. The standard InChI is InChI=1S/C15H25N3O2/c1-5-8-18(10-9-17(2)3)15(19)12-6-7-14(20-4)13(16)11-12/h6-7,11H,5,8-10,16H2,1-4H3. The number of hydrogen-bond donors (Lipinski definition) is 1. The van der Waals surface area contributed by atoms with Crippen molar-refractivity contribution in [1.29, 1.82) is 0 Å². The summed E-state index contributed by atoms with van der Waals surface area (Å²) in [6.45, 7) is 4.37. The molecule has 5 nitrogen and oxygen atoms in total. The van der Waals surface area contributed by atoms with Gasteiger partial charge in [-0.2, -0.15) is 0 Å². The van der Waals surface area contributed by atoms with Crippen LogP contribution in [0.15, 0.2) is 18.2 Å². The molecule has 5 heteroatoms. The highest BCUT2D eigenvalue weighted by Gasteiger charge is 2.16. The molecular formula is C15H25N3O2. The Morgan fingerprint density at radius 2 is 1.95 bits per heavy atom. The molecule has 0 radical (unpaired) electrons. The summed E-state index contributed by atoms with van der Waals surface area (Å²) >= 11 is 0. The third-order valence-corrected chi connectivity index (χ3v) is 3.07. The molecule has 1 aromatic carbocycles.